The van der Waals surface area contributed by atoms with Crippen LogP contribution in [0.3, 0.4) is 0 Å². The van der Waals surface area contributed by atoms with Crippen LogP contribution in [0.5, 0.6) is 0 Å². The molecule has 3 aliphatic carbocycles. The van der Waals surface area contributed by atoms with Crippen LogP contribution in [0, 0.1) is 29.6 Å². The molecule has 4 atom stereocenters. The minimum atomic E-state index is 0.345. The fraction of sp³-hybridized carbons (Fsp3) is 0.929. The maximum atomic E-state index is 12.0. The summed E-state index contributed by atoms with van der Waals surface area (Å²) in [6, 6.07) is 0. The molecule has 3 saturated carbocycles. The number of nitrogens with one attached hydrogen (secondary N) is 1. The summed E-state index contributed by atoms with van der Waals surface area (Å²) in [6.45, 7) is 0.918. The van der Waals surface area contributed by atoms with Crippen molar-refractivity contribution in [3.63, 3.8) is 0 Å². The number of carbonyl (C=O) groups is 1. The number of hydrogen-bond donors (Lipinski definition) is 1. The number of carbonyl (C=O) groups excluding carboxylic acids is 1. The summed E-state index contributed by atoms with van der Waals surface area (Å²) < 4.78 is 0. The standard InChI is InChI=1S/C14H22BrNO/c15-7-9-2-1-3-10(9)8-16-14(17)13-5-11-4-12(11)6-13/h9-13H,1-8H2,(H,16,17). The Kier molecular flexibility index (Phi) is 3.47. The van der Waals surface area contributed by atoms with E-state index < -0.39 is 0 Å². The highest BCUT2D eigenvalue weighted by Gasteiger charge is 2.48. The molecule has 0 saturated heterocycles. The van der Waals surface area contributed by atoms with Gasteiger partial charge in [0.1, 0.15) is 0 Å². The minimum Gasteiger partial charge on any atom is -0.356 e. The molecule has 0 aromatic heterocycles. The molecule has 0 radical (unpaired) electrons. The number of halogens is 1. The molecule has 0 aliphatic heterocycles. The second-order valence-electron chi connectivity index (χ2n) is 6.27. The van der Waals surface area contributed by atoms with Crippen molar-refractivity contribution in [1.29, 1.82) is 0 Å². The third-order valence-corrected chi connectivity index (χ3v) is 6.00. The Bertz CT molecular complexity index is 297. The largest absolute Gasteiger partial charge is 0.356 e. The Morgan fingerprint density at radius 2 is 1.82 bits per heavy atom. The maximum Gasteiger partial charge on any atom is 0.223 e. The van der Waals surface area contributed by atoms with Gasteiger partial charge in [0.2, 0.25) is 5.91 Å². The first-order valence-electron chi connectivity index (χ1n) is 7.11. The molecule has 17 heavy (non-hydrogen) atoms. The number of rotatable bonds is 4. The van der Waals surface area contributed by atoms with Crippen molar-refractivity contribution in [2.24, 2.45) is 29.6 Å². The second-order valence-corrected chi connectivity index (χ2v) is 6.92. The molecule has 1 amide bonds. The summed E-state index contributed by atoms with van der Waals surface area (Å²) in [5.41, 5.74) is 0. The minimum absolute atomic E-state index is 0.345. The van der Waals surface area contributed by atoms with Crippen molar-refractivity contribution in [2.45, 2.75) is 38.5 Å². The molecular formula is C14H22BrNO. The summed E-state index contributed by atoms with van der Waals surface area (Å²) in [7, 11) is 0. The Balaban J connectivity index is 1.42. The summed E-state index contributed by atoms with van der Waals surface area (Å²) in [5, 5.41) is 4.31. The van der Waals surface area contributed by atoms with Crippen molar-refractivity contribution in [3.8, 4) is 0 Å². The van der Waals surface area contributed by atoms with Gasteiger partial charge in [-0.15, -0.1) is 0 Å². The first-order valence-corrected chi connectivity index (χ1v) is 8.23. The third kappa shape index (κ3) is 2.54. The van der Waals surface area contributed by atoms with E-state index in [1.54, 1.807) is 0 Å². The highest BCUT2D eigenvalue weighted by atomic mass is 79.9. The number of fused-ring (bicyclic) bond motifs is 1. The van der Waals surface area contributed by atoms with Crippen molar-refractivity contribution in [3.05, 3.63) is 0 Å². The average molecular weight is 300 g/mol. The number of alkyl halides is 1. The smallest absolute Gasteiger partial charge is 0.223 e. The Labute approximate surface area is 112 Å². The molecular weight excluding hydrogens is 278 g/mol. The van der Waals surface area contributed by atoms with Crippen LogP contribution < -0.4 is 5.32 Å². The highest BCUT2D eigenvalue weighted by Crippen LogP contribution is 2.54. The first-order chi connectivity index (χ1) is 8.28. The van der Waals surface area contributed by atoms with E-state index in [9.17, 15) is 4.79 Å². The molecule has 96 valence electrons. The van der Waals surface area contributed by atoms with Crippen LogP contribution >= 0.6 is 15.9 Å². The van der Waals surface area contributed by atoms with Gasteiger partial charge in [0.05, 0.1) is 0 Å². The van der Waals surface area contributed by atoms with Gasteiger partial charge in [-0.25, -0.2) is 0 Å². The lowest BCUT2D eigenvalue weighted by Crippen LogP contribution is -2.35. The molecule has 3 aliphatic rings. The van der Waals surface area contributed by atoms with Crippen LogP contribution in [-0.4, -0.2) is 17.8 Å². The van der Waals surface area contributed by atoms with Gasteiger partial charge in [-0.3, -0.25) is 4.79 Å². The van der Waals surface area contributed by atoms with Gasteiger partial charge < -0.3 is 5.32 Å². The molecule has 2 nitrogen and oxygen atoms in total. The van der Waals surface area contributed by atoms with E-state index in [1.807, 2.05) is 0 Å². The van der Waals surface area contributed by atoms with Gasteiger partial charge in [-0.05, 0) is 55.8 Å². The monoisotopic (exact) mass is 299 g/mol. The molecule has 3 fully saturated rings. The molecule has 1 N–H and O–H groups in total. The van der Waals surface area contributed by atoms with Crippen LogP contribution in [0.25, 0.3) is 0 Å². The summed E-state index contributed by atoms with van der Waals surface area (Å²) in [4.78, 5) is 12.0. The quantitative estimate of drug-likeness (QED) is 0.795. The van der Waals surface area contributed by atoms with Crippen LogP contribution in [0.1, 0.15) is 38.5 Å². The zero-order valence-electron chi connectivity index (χ0n) is 10.3. The molecule has 0 bridgehead atoms. The lowest BCUT2D eigenvalue weighted by molar-refractivity contribution is -0.125. The molecule has 0 aromatic carbocycles. The van der Waals surface area contributed by atoms with Crippen molar-refractivity contribution in [2.75, 3.05) is 11.9 Å². The van der Waals surface area contributed by atoms with Crippen LogP contribution in [0.4, 0.5) is 0 Å². The Morgan fingerprint density at radius 1 is 1.12 bits per heavy atom. The van der Waals surface area contributed by atoms with Gasteiger partial charge in [0, 0.05) is 17.8 Å². The van der Waals surface area contributed by atoms with Gasteiger partial charge in [0.15, 0.2) is 0 Å². The number of hydrogen-bond acceptors (Lipinski definition) is 1. The lowest BCUT2D eigenvalue weighted by atomic mass is 9.97. The predicted molar refractivity (Wildman–Crippen MR) is 72.0 cm³/mol. The lowest BCUT2D eigenvalue weighted by Gasteiger charge is -2.19. The van der Waals surface area contributed by atoms with E-state index in [1.165, 1.54) is 38.5 Å². The summed E-state index contributed by atoms with van der Waals surface area (Å²) in [5.74, 6) is 4.02. The highest BCUT2D eigenvalue weighted by molar-refractivity contribution is 9.09. The van der Waals surface area contributed by atoms with E-state index in [2.05, 4.69) is 21.2 Å². The molecule has 0 heterocycles. The van der Waals surface area contributed by atoms with Gasteiger partial charge in [0.25, 0.3) is 0 Å². The molecule has 0 aromatic rings. The van der Waals surface area contributed by atoms with Gasteiger partial charge in [-0.2, -0.15) is 0 Å². The Hall–Kier alpha value is -0.0500. The first kappa shape index (κ1) is 12.0. The molecule has 0 spiro atoms. The SMILES string of the molecule is O=C(NCC1CCCC1CBr)C1CC2CC2C1. The predicted octanol–water partition coefficient (Wildman–Crippen LogP) is 2.96. The van der Waals surface area contributed by atoms with Crippen molar-refractivity contribution < 1.29 is 4.79 Å². The number of amides is 1. The van der Waals surface area contributed by atoms with E-state index in [-0.39, 0.29) is 0 Å². The fourth-order valence-electron chi connectivity index (χ4n) is 3.89. The molecule has 3 heteroatoms. The summed E-state index contributed by atoms with van der Waals surface area (Å²) >= 11 is 3.59. The molecule has 3 rings (SSSR count). The average Bonchev–Trinajstić information content (AvgIpc) is 2.81. The van der Waals surface area contributed by atoms with E-state index >= 15 is 0 Å². The van der Waals surface area contributed by atoms with Gasteiger partial charge in [-0.1, -0.05) is 22.4 Å². The zero-order chi connectivity index (χ0) is 11.8. The van der Waals surface area contributed by atoms with E-state index in [0.717, 1.165) is 29.6 Å². The van der Waals surface area contributed by atoms with Crippen molar-refractivity contribution >= 4 is 21.8 Å². The van der Waals surface area contributed by atoms with Crippen LogP contribution in [-0.2, 0) is 4.79 Å². The van der Waals surface area contributed by atoms with Gasteiger partial charge >= 0.3 is 0 Å². The third-order valence-electron chi connectivity index (χ3n) is 5.17. The fourth-order valence-corrected chi connectivity index (χ4v) is 4.74. The van der Waals surface area contributed by atoms with Crippen LogP contribution in [0.2, 0.25) is 0 Å². The van der Waals surface area contributed by atoms with Crippen LogP contribution in [0.15, 0.2) is 0 Å². The Morgan fingerprint density at radius 3 is 2.53 bits per heavy atom. The molecule has 4 unspecified atom stereocenters. The normalized spacial score (nSPS) is 43.5. The van der Waals surface area contributed by atoms with E-state index in [4.69, 9.17) is 0 Å². The topological polar surface area (TPSA) is 29.1 Å². The maximum absolute atomic E-state index is 12.0. The van der Waals surface area contributed by atoms with Crippen molar-refractivity contribution in [1.82, 2.24) is 5.32 Å². The zero-order valence-corrected chi connectivity index (χ0v) is 11.9. The second kappa shape index (κ2) is 4.91. The van der Waals surface area contributed by atoms with E-state index in [0.29, 0.717) is 17.7 Å². The summed E-state index contributed by atoms with van der Waals surface area (Å²) in [6.07, 6.45) is 7.71.